The van der Waals surface area contributed by atoms with E-state index in [4.69, 9.17) is 4.74 Å². The van der Waals surface area contributed by atoms with E-state index in [1.165, 1.54) is 17.1 Å². The quantitative estimate of drug-likeness (QED) is 0.882. The van der Waals surface area contributed by atoms with Gasteiger partial charge in [0.1, 0.15) is 5.75 Å². The molecule has 0 bridgehead atoms. The number of aromatic nitrogens is 2. The Labute approximate surface area is 118 Å². The van der Waals surface area contributed by atoms with Gasteiger partial charge in [0, 0.05) is 0 Å². The lowest BCUT2D eigenvalue weighted by atomic mass is 10.0. The molecule has 2 aromatic rings. The van der Waals surface area contributed by atoms with Crippen molar-refractivity contribution < 1.29 is 4.74 Å². The second kappa shape index (κ2) is 6.63. The minimum absolute atomic E-state index is 0.139. The van der Waals surface area contributed by atoms with Crippen molar-refractivity contribution >= 4 is 11.5 Å². The summed E-state index contributed by atoms with van der Waals surface area (Å²) in [4.78, 5) is 1.16. The van der Waals surface area contributed by atoms with E-state index < -0.39 is 0 Å². The molecular formula is C14H19N3OS. The van der Waals surface area contributed by atoms with Gasteiger partial charge in [-0.05, 0) is 49.6 Å². The maximum atomic E-state index is 5.60. The van der Waals surface area contributed by atoms with Crippen LogP contribution >= 0.6 is 11.5 Å². The van der Waals surface area contributed by atoms with Crippen LogP contribution in [-0.2, 0) is 0 Å². The predicted octanol–water partition coefficient (Wildman–Crippen LogP) is 2.94. The lowest BCUT2D eigenvalue weighted by molar-refractivity contribution is 0.317. The van der Waals surface area contributed by atoms with Crippen LogP contribution in [0.4, 0.5) is 0 Å². The first-order valence-electron chi connectivity index (χ1n) is 6.45. The van der Waals surface area contributed by atoms with Crippen molar-refractivity contribution in [2.45, 2.75) is 26.3 Å². The average Bonchev–Trinajstić information content (AvgIpc) is 2.85. The molecule has 5 heteroatoms. The van der Waals surface area contributed by atoms with Crippen molar-refractivity contribution in [1.29, 1.82) is 0 Å². The van der Waals surface area contributed by atoms with Gasteiger partial charge in [0.2, 0.25) is 0 Å². The Morgan fingerprint density at radius 2 is 2.05 bits per heavy atom. The molecule has 0 amide bonds. The van der Waals surface area contributed by atoms with E-state index in [-0.39, 0.29) is 6.04 Å². The zero-order chi connectivity index (χ0) is 13.7. The van der Waals surface area contributed by atoms with Gasteiger partial charge in [0.25, 0.3) is 0 Å². The van der Waals surface area contributed by atoms with E-state index in [0.29, 0.717) is 0 Å². The smallest absolute Gasteiger partial charge is 0.119 e. The van der Waals surface area contributed by atoms with Crippen molar-refractivity contribution in [2.24, 2.45) is 0 Å². The Morgan fingerprint density at radius 1 is 1.32 bits per heavy atom. The van der Waals surface area contributed by atoms with E-state index in [2.05, 4.69) is 34.0 Å². The minimum atomic E-state index is 0.139. The highest BCUT2D eigenvalue weighted by molar-refractivity contribution is 7.05. The molecule has 0 aliphatic heterocycles. The van der Waals surface area contributed by atoms with Crippen LogP contribution in [0.25, 0.3) is 0 Å². The topological polar surface area (TPSA) is 47.0 Å². The fourth-order valence-corrected chi connectivity index (χ4v) is 2.71. The van der Waals surface area contributed by atoms with E-state index in [1.54, 1.807) is 0 Å². The molecule has 0 spiro atoms. The molecule has 1 heterocycles. The fourth-order valence-electron chi connectivity index (χ4n) is 1.93. The Morgan fingerprint density at radius 3 is 2.58 bits per heavy atom. The van der Waals surface area contributed by atoms with Crippen molar-refractivity contribution in [3.05, 3.63) is 40.4 Å². The van der Waals surface area contributed by atoms with E-state index in [9.17, 15) is 0 Å². The molecule has 4 nitrogen and oxygen atoms in total. The number of hydrogen-bond acceptors (Lipinski definition) is 5. The SMILES string of the molecule is CCCOc1ccc(C(NC)c2snnc2C)cc1. The zero-order valence-electron chi connectivity index (χ0n) is 11.5. The molecule has 19 heavy (non-hydrogen) atoms. The van der Waals surface area contributed by atoms with Crippen molar-refractivity contribution in [1.82, 2.24) is 14.9 Å². The highest BCUT2D eigenvalue weighted by Crippen LogP contribution is 2.27. The summed E-state index contributed by atoms with van der Waals surface area (Å²) in [7, 11) is 1.95. The second-order valence-electron chi connectivity index (χ2n) is 4.36. The molecular weight excluding hydrogens is 258 g/mol. The zero-order valence-corrected chi connectivity index (χ0v) is 12.3. The molecule has 1 atom stereocenters. The Kier molecular flexibility index (Phi) is 4.87. The first-order valence-corrected chi connectivity index (χ1v) is 7.22. The number of benzene rings is 1. The predicted molar refractivity (Wildman–Crippen MR) is 77.8 cm³/mol. The third-order valence-corrected chi connectivity index (χ3v) is 3.81. The fraction of sp³-hybridized carbons (Fsp3) is 0.429. The summed E-state index contributed by atoms with van der Waals surface area (Å²) in [5, 5.41) is 7.39. The van der Waals surface area contributed by atoms with Gasteiger partial charge < -0.3 is 10.1 Å². The molecule has 1 unspecified atom stereocenters. The van der Waals surface area contributed by atoms with Gasteiger partial charge in [-0.25, -0.2) is 0 Å². The summed E-state index contributed by atoms with van der Waals surface area (Å²) in [6, 6.07) is 8.34. The number of nitrogens with one attached hydrogen (secondary N) is 1. The summed E-state index contributed by atoms with van der Waals surface area (Å²) < 4.78 is 9.60. The van der Waals surface area contributed by atoms with Crippen LogP contribution in [0.15, 0.2) is 24.3 Å². The third kappa shape index (κ3) is 3.30. The maximum absolute atomic E-state index is 5.60. The Balaban J connectivity index is 2.18. The summed E-state index contributed by atoms with van der Waals surface area (Å²) in [6.07, 6.45) is 1.02. The van der Waals surface area contributed by atoms with E-state index >= 15 is 0 Å². The largest absolute Gasteiger partial charge is 0.494 e. The Hall–Kier alpha value is -1.46. The molecule has 1 aromatic carbocycles. The lowest BCUT2D eigenvalue weighted by Crippen LogP contribution is -2.17. The number of ether oxygens (including phenoxy) is 1. The Bertz CT molecular complexity index is 510. The second-order valence-corrected chi connectivity index (χ2v) is 5.15. The van der Waals surface area contributed by atoms with Gasteiger partial charge >= 0.3 is 0 Å². The van der Waals surface area contributed by atoms with Crippen LogP contribution in [0.3, 0.4) is 0 Å². The molecule has 0 radical (unpaired) electrons. The van der Waals surface area contributed by atoms with Gasteiger partial charge in [0.05, 0.1) is 23.2 Å². The highest BCUT2D eigenvalue weighted by Gasteiger charge is 2.17. The lowest BCUT2D eigenvalue weighted by Gasteiger charge is -2.15. The summed E-state index contributed by atoms with van der Waals surface area (Å²) in [6.45, 7) is 4.85. The average molecular weight is 277 g/mol. The van der Waals surface area contributed by atoms with Gasteiger partial charge in [-0.2, -0.15) is 0 Å². The summed E-state index contributed by atoms with van der Waals surface area (Å²) in [5.74, 6) is 0.916. The van der Waals surface area contributed by atoms with Crippen LogP contribution < -0.4 is 10.1 Å². The highest BCUT2D eigenvalue weighted by atomic mass is 32.1. The molecule has 0 saturated heterocycles. The van der Waals surface area contributed by atoms with Crippen molar-refractivity contribution in [3.63, 3.8) is 0 Å². The van der Waals surface area contributed by atoms with Crippen LogP contribution in [0, 0.1) is 6.92 Å². The molecule has 0 fully saturated rings. The maximum Gasteiger partial charge on any atom is 0.119 e. The molecule has 0 aliphatic carbocycles. The molecule has 0 aliphatic rings. The van der Waals surface area contributed by atoms with Gasteiger partial charge in [0.15, 0.2) is 0 Å². The van der Waals surface area contributed by atoms with Crippen molar-refractivity contribution in [3.8, 4) is 5.75 Å². The standard InChI is InChI=1S/C14H19N3OS/c1-4-9-18-12-7-5-11(6-8-12)13(15-3)14-10(2)16-17-19-14/h5-8,13,15H,4,9H2,1-3H3. The first-order chi connectivity index (χ1) is 9.26. The van der Waals surface area contributed by atoms with Crippen LogP contribution in [-0.4, -0.2) is 23.2 Å². The van der Waals surface area contributed by atoms with Crippen molar-refractivity contribution in [2.75, 3.05) is 13.7 Å². The third-order valence-electron chi connectivity index (χ3n) is 2.92. The number of hydrogen-bond donors (Lipinski definition) is 1. The number of rotatable bonds is 6. The first kappa shape index (κ1) is 14.0. The van der Waals surface area contributed by atoms with Crippen LogP contribution in [0.2, 0.25) is 0 Å². The molecule has 102 valence electrons. The van der Waals surface area contributed by atoms with E-state index in [0.717, 1.165) is 29.3 Å². The van der Waals surface area contributed by atoms with Gasteiger partial charge in [-0.15, -0.1) is 5.10 Å². The minimum Gasteiger partial charge on any atom is -0.494 e. The molecule has 2 rings (SSSR count). The summed E-state index contributed by atoms with van der Waals surface area (Å²) in [5.41, 5.74) is 2.18. The summed E-state index contributed by atoms with van der Waals surface area (Å²) >= 11 is 1.44. The molecule has 1 N–H and O–H groups in total. The number of aryl methyl sites for hydroxylation is 1. The molecule has 0 saturated carbocycles. The van der Waals surface area contributed by atoms with Crippen LogP contribution in [0.1, 0.15) is 35.5 Å². The van der Waals surface area contributed by atoms with Crippen LogP contribution in [0.5, 0.6) is 5.75 Å². The monoisotopic (exact) mass is 277 g/mol. The molecule has 1 aromatic heterocycles. The van der Waals surface area contributed by atoms with E-state index in [1.807, 2.05) is 26.1 Å². The van der Waals surface area contributed by atoms with Gasteiger partial charge in [-0.3, -0.25) is 0 Å². The normalized spacial score (nSPS) is 12.4. The number of nitrogens with zero attached hydrogens (tertiary/aromatic N) is 2. The van der Waals surface area contributed by atoms with Gasteiger partial charge in [-0.1, -0.05) is 23.5 Å².